The largest absolute Gasteiger partial charge is 0.494 e. The van der Waals surface area contributed by atoms with Crippen molar-refractivity contribution in [2.24, 2.45) is 0 Å². The minimum atomic E-state index is -0.636. The van der Waals surface area contributed by atoms with Crippen molar-refractivity contribution in [2.75, 3.05) is 13.2 Å². The average Bonchev–Trinajstić information content (AvgIpc) is 2.71. The lowest BCUT2D eigenvalue weighted by atomic mass is 10.2. The van der Waals surface area contributed by atoms with E-state index in [1.54, 1.807) is 31.2 Å². The molecule has 0 aromatic heterocycles. The van der Waals surface area contributed by atoms with Crippen LogP contribution in [0.15, 0.2) is 36.4 Å². The lowest BCUT2D eigenvalue weighted by Gasteiger charge is -2.10. The monoisotopic (exact) mass is 421 g/mol. The van der Waals surface area contributed by atoms with Crippen molar-refractivity contribution >= 4 is 35.1 Å². The third kappa shape index (κ3) is 10.8. The minimum absolute atomic E-state index is 0.121. The molecular weight excluding hydrogens is 394 g/mol. The Hall–Kier alpha value is -2.94. The summed E-state index contributed by atoms with van der Waals surface area (Å²) in [7, 11) is 0. The Morgan fingerprint density at radius 2 is 1.72 bits per heavy atom. The topological polar surface area (TPSA) is 106 Å². The third-order valence-corrected chi connectivity index (χ3v) is 3.77. The van der Waals surface area contributed by atoms with Gasteiger partial charge in [-0.2, -0.15) is 0 Å². The molecule has 8 nitrogen and oxygen atoms in total. The number of ether oxygens (including phenoxy) is 2. The lowest BCUT2D eigenvalue weighted by Crippen LogP contribution is -2.48. The summed E-state index contributed by atoms with van der Waals surface area (Å²) in [6, 6.07) is 6.69. The number of hydrogen-bond acceptors (Lipinski definition) is 6. The van der Waals surface area contributed by atoms with E-state index in [4.69, 9.17) is 17.0 Å². The van der Waals surface area contributed by atoms with Crippen molar-refractivity contribution in [1.29, 1.82) is 0 Å². The summed E-state index contributed by atoms with van der Waals surface area (Å²) in [5.74, 6) is -1.01. The molecule has 0 aliphatic heterocycles. The van der Waals surface area contributed by atoms with E-state index in [0.717, 1.165) is 25.0 Å². The zero-order valence-electron chi connectivity index (χ0n) is 16.7. The van der Waals surface area contributed by atoms with E-state index in [1.165, 1.54) is 12.8 Å². The van der Waals surface area contributed by atoms with Gasteiger partial charge in [0.1, 0.15) is 5.75 Å². The summed E-state index contributed by atoms with van der Waals surface area (Å²) in [5.41, 5.74) is 5.18. The van der Waals surface area contributed by atoms with Crippen molar-refractivity contribution in [3.05, 3.63) is 42.0 Å². The summed E-state index contributed by atoms with van der Waals surface area (Å²) in [4.78, 5) is 34.8. The Kier molecular flexibility index (Phi) is 11.7. The molecule has 3 N–H and O–H groups in total. The summed E-state index contributed by atoms with van der Waals surface area (Å²) in [6.45, 7) is 4.67. The molecule has 0 saturated heterocycles. The maximum Gasteiger partial charge on any atom is 0.330 e. The first-order valence-corrected chi connectivity index (χ1v) is 9.86. The van der Waals surface area contributed by atoms with Crippen LogP contribution in [0.3, 0.4) is 0 Å². The van der Waals surface area contributed by atoms with Crippen LogP contribution in [0, 0.1) is 0 Å². The Morgan fingerprint density at radius 1 is 1.00 bits per heavy atom. The first-order chi connectivity index (χ1) is 14.0. The molecule has 29 heavy (non-hydrogen) atoms. The van der Waals surface area contributed by atoms with Crippen molar-refractivity contribution in [3.8, 4) is 5.75 Å². The van der Waals surface area contributed by atoms with E-state index >= 15 is 0 Å². The predicted octanol–water partition coefficient (Wildman–Crippen LogP) is 2.40. The van der Waals surface area contributed by atoms with Gasteiger partial charge in [0.15, 0.2) is 5.11 Å². The smallest absolute Gasteiger partial charge is 0.330 e. The molecule has 1 aromatic rings. The van der Waals surface area contributed by atoms with Gasteiger partial charge in [-0.1, -0.05) is 26.2 Å². The maximum atomic E-state index is 12.1. The fraction of sp³-hybridized carbons (Fsp3) is 0.400. The Bertz CT molecular complexity index is 719. The number of carbonyl (C=O) groups excluding carboxylic acids is 3. The number of rotatable bonds is 10. The molecular formula is C20H27N3O5S. The fourth-order valence-electron chi connectivity index (χ4n) is 2.13. The molecule has 1 rings (SSSR count). The van der Waals surface area contributed by atoms with Gasteiger partial charge >= 0.3 is 5.97 Å². The highest BCUT2D eigenvalue weighted by Gasteiger charge is 2.07. The molecule has 0 atom stereocenters. The quantitative estimate of drug-likeness (QED) is 0.175. The Morgan fingerprint density at radius 3 is 2.38 bits per heavy atom. The van der Waals surface area contributed by atoms with Crippen molar-refractivity contribution < 1.29 is 23.9 Å². The van der Waals surface area contributed by atoms with Crippen LogP contribution in [0.2, 0.25) is 0 Å². The van der Waals surface area contributed by atoms with Crippen LogP contribution in [0.5, 0.6) is 5.75 Å². The van der Waals surface area contributed by atoms with Crippen LogP contribution in [0.1, 0.15) is 49.9 Å². The second-order valence-electron chi connectivity index (χ2n) is 5.92. The van der Waals surface area contributed by atoms with Gasteiger partial charge in [0.05, 0.1) is 13.2 Å². The van der Waals surface area contributed by atoms with Crippen LogP contribution >= 0.6 is 12.2 Å². The van der Waals surface area contributed by atoms with Crippen LogP contribution in [0.4, 0.5) is 0 Å². The second-order valence-corrected chi connectivity index (χ2v) is 6.32. The third-order valence-electron chi connectivity index (χ3n) is 3.57. The molecule has 1 aromatic carbocycles. The average molecular weight is 422 g/mol. The standard InChI is InChI=1S/C20H27N3O5S/c1-3-5-6-7-14-28-16-10-8-15(9-11-16)19(26)22-23-20(29)21-17(24)12-13-18(25)27-4-2/h8-13H,3-7,14H2,1-2H3,(H,22,26)(H2,21,23,24,29)/b13-12+. The van der Waals surface area contributed by atoms with Crippen molar-refractivity contribution in [2.45, 2.75) is 39.5 Å². The van der Waals surface area contributed by atoms with E-state index in [-0.39, 0.29) is 11.7 Å². The number of carbonyl (C=O) groups is 3. The fourth-order valence-corrected chi connectivity index (χ4v) is 2.28. The number of thiocarbonyl (C=S) groups is 1. The highest BCUT2D eigenvalue weighted by molar-refractivity contribution is 7.80. The van der Waals surface area contributed by atoms with Crippen molar-refractivity contribution in [1.82, 2.24) is 16.2 Å². The van der Waals surface area contributed by atoms with Gasteiger partial charge < -0.3 is 9.47 Å². The van der Waals surface area contributed by atoms with Crippen LogP contribution < -0.4 is 20.9 Å². The van der Waals surface area contributed by atoms with Gasteiger partial charge in [0.25, 0.3) is 5.91 Å². The Balaban J connectivity index is 2.35. The first-order valence-electron chi connectivity index (χ1n) is 9.45. The lowest BCUT2D eigenvalue weighted by molar-refractivity contribution is -0.137. The number of benzene rings is 1. The second kappa shape index (κ2) is 14.1. The molecule has 9 heteroatoms. The summed E-state index contributed by atoms with van der Waals surface area (Å²) >= 11 is 4.90. The maximum absolute atomic E-state index is 12.1. The van der Waals surface area contributed by atoms with Gasteiger partial charge in [0.2, 0.25) is 5.91 Å². The minimum Gasteiger partial charge on any atom is -0.494 e. The Labute approximate surface area is 176 Å². The molecule has 0 saturated carbocycles. The molecule has 0 bridgehead atoms. The number of hydrazine groups is 1. The summed E-state index contributed by atoms with van der Waals surface area (Å²) in [5, 5.41) is 2.16. The SMILES string of the molecule is CCCCCCOc1ccc(C(=O)NNC(=S)NC(=O)/C=C/C(=O)OCC)cc1. The molecule has 0 heterocycles. The number of hydrogen-bond donors (Lipinski definition) is 3. The van der Waals surface area contributed by atoms with E-state index in [0.29, 0.717) is 17.9 Å². The van der Waals surface area contributed by atoms with E-state index in [2.05, 4.69) is 27.8 Å². The summed E-state index contributed by atoms with van der Waals surface area (Å²) < 4.78 is 10.3. The number of amides is 2. The van der Waals surface area contributed by atoms with E-state index in [1.807, 2.05) is 0 Å². The molecule has 0 fully saturated rings. The molecule has 2 amide bonds. The zero-order chi connectivity index (χ0) is 21.5. The van der Waals surface area contributed by atoms with Gasteiger partial charge in [-0.3, -0.25) is 25.8 Å². The molecule has 0 radical (unpaired) electrons. The number of esters is 1. The molecule has 0 unspecified atom stereocenters. The van der Waals surface area contributed by atoms with Crippen LogP contribution in [-0.2, 0) is 14.3 Å². The van der Waals surface area contributed by atoms with E-state index in [9.17, 15) is 14.4 Å². The van der Waals surface area contributed by atoms with E-state index < -0.39 is 17.8 Å². The van der Waals surface area contributed by atoms with Crippen molar-refractivity contribution in [3.63, 3.8) is 0 Å². The molecule has 0 spiro atoms. The van der Waals surface area contributed by atoms with Crippen LogP contribution in [0.25, 0.3) is 0 Å². The number of unbranched alkanes of at least 4 members (excludes halogenated alkanes) is 3. The molecule has 0 aliphatic carbocycles. The highest BCUT2D eigenvalue weighted by atomic mass is 32.1. The first kappa shape index (κ1) is 24.1. The van der Waals surface area contributed by atoms with Gasteiger partial charge in [0, 0.05) is 17.7 Å². The van der Waals surface area contributed by atoms with Gasteiger partial charge in [-0.25, -0.2) is 4.79 Å². The highest BCUT2D eigenvalue weighted by Crippen LogP contribution is 2.13. The molecule has 158 valence electrons. The zero-order valence-corrected chi connectivity index (χ0v) is 17.5. The number of nitrogens with one attached hydrogen (secondary N) is 3. The molecule has 0 aliphatic rings. The predicted molar refractivity (Wildman–Crippen MR) is 113 cm³/mol. The van der Waals surface area contributed by atoms with Gasteiger partial charge in [-0.15, -0.1) is 0 Å². The summed E-state index contributed by atoms with van der Waals surface area (Å²) in [6.07, 6.45) is 6.47. The van der Waals surface area contributed by atoms with Gasteiger partial charge in [-0.05, 0) is 49.8 Å². The normalized spacial score (nSPS) is 10.3. The van der Waals surface area contributed by atoms with Crippen LogP contribution in [-0.4, -0.2) is 36.1 Å².